The predicted octanol–water partition coefficient (Wildman–Crippen LogP) is 4.67. The van der Waals surface area contributed by atoms with Gasteiger partial charge in [0.15, 0.2) is 0 Å². The molecule has 11 heteroatoms. The van der Waals surface area contributed by atoms with E-state index in [1.165, 1.54) is 0 Å². The Hall–Kier alpha value is -2.37. The average Bonchev–Trinajstić information content (AvgIpc) is 3.01. The molecule has 248 valence electrons. The summed E-state index contributed by atoms with van der Waals surface area (Å²) in [7, 11) is -3.95. The third kappa shape index (κ3) is 7.96. The Balaban J connectivity index is 1.54. The Kier molecular flexibility index (Phi) is 11.0. The van der Waals surface area contributed by atoms with E-state index in [2.05, 4.69) is 14.9 Å². The first kappa shape index (κ1) is 34.0. The molecule has 1 amide bonds. The van der Waals surface area contributed by atoms with Crippen LogP contribution in [0.25, 0.3) is 0 Å². The Morgan fingerprint density at radius 3 is 2.67 bits per heavy atom. The normalized spacial score (nSPS) is 29.2. The Bertz CT molecular complexity index is 1460. The second-order valence-electron chi connectivity index (χ2n) is 13.3. The minimum atomic E-state index is -3.95. The van der Waals surface area contributed by atoms with Crippen LogP contribution in [0.1, 0.15) is 80.3 Å². The highest BCUT2D eigenvalue weighted by molar-refractivity contribution is 7.90. The molecule has 2 aromatic rings. The predicted molar refractivity (Wildman–Crippen MR) is 177 cm³/mol. The molecule has 1 saturated carbocycles. The van der Waals surface area contributed by atoms with Crippen molar-refractivity contribution in [1.29, 1.82) is 0 Å². The lowest BCUT2D eigenvalue weighted by atomic mass is 9.63. The zero-order chi connectivity index (χ0) is 32.2. The first-order valence-corrected chi connectivity index (χ1v) is 18.3. The number of amides is 1. The van der Waals surface area contributed by atoms with Crippen LogP contribution < -0.4 is 19.7 Å². The first-order valence-electron chi connectivity index (χ1n) is 16.4. The summed E-state index contributed by atoms with van der Waals surface area (Å²) in [5.41, 5.74) is 2.24. The van der Waals surface area contributed by atoms with E-state index in [0.717, 1.165) is 48.9 Å². The van der Waals surface area contributed by atoms with Gasteiger partial charge in [-0.3, -0.25) is 4.79 Å². The van der Waals surface area contributed by atoms with Gasteiger partial charge in [0.25, 0.3) is 5.91 Å². The number of aliphatic hydroxyl groups is 2. The lowest BCUT2D eigenvalue weighted by Gasteiger charge is -2.49. The molecular weight excluding hydrogens is 614 g/mol. The zero-order valence-electron chi connectivity index (χ0n) is 26.4. The molecule has 9 nitrogen and oxygen atoms in total. The van der Waals surface area contributed by atoms with Crippen molar-refractivity contribution in [3.8, 4) is 5.75 Å². The molecule has 0 aromatic heterocycles. The number of rotatable bonds is 4. The maximum absolute atomic E-state index is 13.4. The highest BCUT2D eigenvalue weighted by atomic mass is 35.5. The van der Waals surface area contributed by atoms with Gasteiger partial charge in [0.05, 0.1) is 23.1 Å². The molecule has 5 atom stereocenters. The number of hydrogen-bond acceptors (Lipinski definition) is 8. The molecule has 1 fully saturated rings. The van der Waals surface area contributed by atoms with Gasteiger partial charge in [-0.05, 0) is 111 Å². The number of nitrogens with zero attached hydrogens (tertiary/aromatic N) is 1. The smallest absolute Gasteiger partial charge is 0.264 e. The summed E-state index contributed by atoms with van der Waals surface area (Å²) in [6, 6.07) is 11.0. The van der Waals surface area contributed by atoms with Gasteiger partial charge in [-0.1, -0.05) is 31.0 Å². The van der Waals surface area contributed by atoms with Crippen LogP contribution in [0.15, 0.2) is 36.4 Å². The molecule has 1 aliphatic carbocycles. The van der Waals surface area contributed by atoms with Crippen molar-refractivity contribution < 1.29 is 28.2 Å². The van der Waals surface area contributed by atoms with Crippen LogP contribution in [0.4, 0.5) is 5.69 Å². The monoisotopic (exact) mass is 661 g/mol. The first-order chi connectivity index (χ1) is 21.5. The number of anilines is 1. The number of aliphatic hydroxyl groups excluding tert-OH is 1. The molecule has 45 heavy (non-hydrogen) atoms. The lowest BCUT2D eigenvalue weighted by Crippen LogP contribution is -2.55. The number of benzene rings is 2. The quantitative estimate of drug-likeness (QED) is 0.348. The highest BCUT2D eigenvalue weighted by Gasteiger charge is 2.46. The number of fused-ring (bicyclic) bond motifs is 3. The Morgan fingerprint density at radius 2 is 1.91 bits per heavy atom. The highest BCUT2D eigenvalue weighted by Crippen LogP contribution is 2.46. The van der Waals surface area contributed by atoms with Gasteiger partial charge in [0.1, 0.15) is 12.4 Å². The molecule has 2 aliphatic heterocycles. The molecule has 0 unspecified atom stereocenters. The fourth-order valence-corrected chi connectivity index (χ4v) is 8.70. The van der Waals surface area contributed by atoms with E-state index in [4.69, 9.17) is 16.3 Å². The van der Waals surface area contributed by atoms with Crippen LogP contribution >= 0.6 is 11.6 Å². The van der Waals surface area contributed by atoms with E-state index in [0.29, 0.717) is 62.8 Å². The number of ether oxygens (including phenoxy) is 1. The van der Waals surface area contributed by atoms with Crippen molar-refractivity contribution in [2.45, 2.75) is 82.7 Å². The van der Waals surface area contributed by atoms with E-state index < -0.39 is 26.8 Å². The molecule has 0 spiro atoms. The molecule has 0 radical (unpaired) electrons. The molecule has 5 rings (SSSR count). The Morgan fingerprint density at radius 1 is 1.09 bits per heavy atom. The maximum atomic E-state index is 13.4. The second-order valence-corrected chi connectivity index (χ2v) is 15.8. The van der Waals surface area contributed by atoms with Gasteiger partial charge in [-0.15, -0.1) is 0 Å². The van der Waals surface area contributed by atoms with E-state index in [9.17, 15) is 23.4 Å². The third-order valence-electron chi connectivity index (χ3n) is 10.3. The molecular formula is C34H48ClN3O6S. The Labute approximate surface area is 272 Å². The van der Waals surface area contributed by atoms with Crippen molar-refractivity contribution in [3.05, 3.63) is 58.1 Å². The molecule has 2 bridgehead atoms. The summed E-state index contributed by atoms with van der Waals surface area (Å²) in [5, 5.41) is 24.7. The summed E-state index contributed by atoms with van der Waals surface area (Å²) in [4.78, 5) is 15.7. The number of carbonyl (C=O) groups is 1. The van der Waals surface area contributed by atoms with E-state index in [1.807, 2.05) is 25.1 Å². The fraction of sp³-hybridized carbons (Fsp3) is 0.618. The largest absolute Gasteiger partial charge is 0.487 e. The van der Waals surface area contributed by atoms with Crippen molar-refractivity contribution in [2.75, 3.05) is 37.7 Å². The van der Waals surface area contributed by atoms with E-state index in [1.54, 1.807) is 25.1 Å². The van der Waals surface area contributed by atoms with Crippen LogP contribution in [0.5, 0.6) is 5.75 Å². The summed E-state index contributed by atoms with van der Waals surface area (Å²) < 4.78 is 35.4. The fourth-order valence-electron chi connectivity index (χ4n) is 7.20. The minimum absolute atomic E-state index is 0.00866. The molecule has 0 saturated heterocycles. The SMILES string of the molecule is C[C@@H]1[C@@H](C)CCC[C@@](O)(CNCCO)[C@@H]2CC[C@H]2CN2CCCCc3cc(Cl)ccc3COc3ccc(cc32)C(=O)NS1(=O)=O. The van der Waals surface area contributed by atoms with Gasteiger partial charge in [0, 0.05) is 36.8 Å². The van der Waals surface area contributed by atoms with Crippen molar-refractivity contribution in [1.82, 2.24) is 10.0 Å². The molecule has 4 N–H and O–H groups in total. The van der Waals surface area contributed by atoms with Crippen molar-refractivity contribution in [3.63, 3.8) is 0 Å². The van der Waals surface area contributed by atoms with Gasteiger partial charge in [0.2, 0.25) is 10.0 Å². The summed E-state index contributed by atoms with van der Waals surface area (Å²) in [5.74, 6) is 0.0275. The van der Waals surface area contributed by atoms with Gasteiger partial charge in [-0.2, -0.15) is 0 Å². The van der Waals surface area contributed by atoms with Gasteiger partial charge in [-0.25, -0.2) is 13.1 Å². The number of halogens is 1. The summed E-state index contributed by atoms with van der Waals surface area (Å²) in [6.07, 6.45) is 6.37. The average molecular weight is 662 g/mol. The van der Waals surface area contributed by atoms with Crippen molar-refractivity contribution >= 4 is 33.2 Å². The van der Waals surface area contributed by atoms with E-state index >= 15 is 0 Å². The van der Waals surface area contributed by atoms with Crippen LogP contribution in [-0.4, -0.2) is 68.2 Å². The molecule has 2 heterocycles. The number of aryl methyl sites for hydroxylation is 1. The van der Waals surface area contributed by atoms with Gasteiger partial charge < -0.3 is 25.2 Å². The van der Waals surface area contributed by atoms with Crippen LogP contribution in [0.3, 0.4) is 0 Å². The van der Waals surface area contributed by atoms with Gasteiger partial charge >= 0.3 is 0 Å². The van der Waals surface area contributed by atoms with Crippen LogP contribution in [0, 0.1) is 17.8 Å². The number of carbonyl (C=O) groups excluding carboxylic acids is 1. The molecule has 2 aromatic carbocycles. The zero-order valence-corrected chi connectivity index (χ0v) is 28.0. The standard InChI is InChI=1S/C34H48ClN3O6S/c1-23-6-5-14-34(41,22-36-15-17-39)30-12-9-27(30)20-38-16-4-3-7-25-18-29(35)11-8-28(25)21-44-32-13-10-26(19-31(32)38)33(40)37-45(42,43)24(23)2/h8,10-11,13,18-19,23-24,27,30,36,39,41H,3-7,9,12,14-17,20-22H2,1-2H3,(H,37,40)/t23-,24+,27-,30+,34+/m0/s1. The van der Waals surface area contributed by atoms with Crippen molar-refractivity contribution in [2.24, 2.45) is 17.8 Å². The summed E-state index contributed by atoms with van der Waals surface area (Å²) >= 11 is 6.33. The van der Waals surface area contributed by atoms with E-state index in [-0.39, 0.29) is 29.9 Å². The number of nitrogens with one attached hydrogen (secondary N) is 2. The minimum Gasteiger partial charge on any atom is -0.487 e. The summed E-state index contributed by atoms with van der Waals surface area (Å²) in [6.45, 7) is 6.02. The number of hydrogen-bond donors (Lipinski definition) is 4. The van der Waals surface area contributed by atoms with Crippen LogP contribution in [-0.2, 0) is 23.1 Å². The lowest BCUT2D eigenvalue weighted by molar-refractivity contribution is -0.0866. The maximum Gasteiger partial charge on any atom is 0.264 e. The topological polar surface area (TPSA) is 128 Å². The van der Waals surface area contributed by atoms with Crippen LogP contribution in [0.2, 0.25) is 5.02 Å². The molecule has 3 aliphatic rings. The second kappa shape index (κ2) is 14.6. The number of sulfonamides is 1. The third-order valence-corrected chi connectivity index (χ3v) is 12.5.